The zero-order valence-corrected chi connectivity index (χ0v) is 16.9. The first-order valence-corrected chi connectivity index (χ1v) is 10.3. The van der Waals surface area contributed by atoms with Crippen LogP contribution in [-0.4, -0.2) is 40.7 Å². The summed E-state index contributed by atoms with van der Waals surface area (Å²) in [5.74, 6) is 0.639. The van der Waals surface area contributed by atoms with E-state index in [2.05, 4.69) is 0 Å². The standard InChI is InChI=1S/C22H28F3NO3/c1-14-9-16(22(23,24)25)3-4-18(14)29-17-12-21(13-17)5-7-26(8-6-21)19(27)15-10-20(2,28)11-15/h3-4,9,15,17,28H,5-8,10-13H2,1-2H3/t15-,20+. The number of rotatable bonds is 3. The van der Waals surface area contributed by atoms with Gasteiger partial charge in [-0.25, -0.2) is 0 Å². The fourth-order valence-electron chi connectivity index (χ4n) is 5.17. The molecule has 1 aromatic carbocycles. The van der Waals surface area contributed by atoms with Crippen molar-refractivity contribution in [3.8, 4) is 5.75 Å². The molecule has 4 nitrogen and oxygen atoms in total. The van der Waals surface area contributed by atoms with Crippen LogP contribution in [-0.2, 0) is 11.0 Å². The van der Waals surface area contributed by atoms with Gasteiger partial charge < -0.3 is 14.7 Å². The SMILES string of the molecule is Cc1cc(C(F)(F)F)ccc1OC1CC2(CCN(C(=O)[C@H]3C[C@@](C)(O)C3)CC2)C1. The molecule has 1 saturated heterocycles. The van der Waals surface area contributed by atoms with Crippen LogP contribution in [0.2, 0.25) is 0 Å². The summed E-state index contributed by atoms with van der Waals surface area (Å²) in [6, 6.07) is 3.61. The molecule has 29 heavy (non-hydrogen) atoms. The first-order valence-electron chi connectivity index (χ1n) is 10.3. The van der Waals surface area contributed by atoms with Crippen molar-refractivity contribution in [1.82, 2.24) is 4.90 Å². The summed E-state index contributed by atoms with van der Waals surface area (Å²) in [4.78, 5) is 14.5. The van der Waals surface area contributed by atoms with Crippen LogP contribution in [0.3, 0.4) is 0 Å². The molecule has 1 aliphatic heterocycles. The first kappa shape index (κ1) is 20.5. The molecule has 3 fully saturated rings. The molecule has 0 radical (unpaired) electrons. The third kappa shape index (κ3) is 4.11. The predicted octanol–water partition coefficient (Wildman–Crippen LogP) is 4.32. The van der Waals surface area contributed by atoms with Crippen molar-refractivity contribution in [2.75, 3.05) is 13.1 Å². The number of carbonyl (C=O) groups is 1. The van der Waals surface area contributed by atoms with Crippen molar-refractivity contribution >= 4 is 5.91 Å². The Morgan fingerprint density at radius 1 is 1.17 bits per heavy atom. The summed E-state index contributed by atoms with van der Waals surface area (Å²) in [6.07, 6.45) is 0.424. The first-order chi connectivity index (χ1) is 13.5. The Bertz CT molecular complexity index is 781. The number of aryl methyl sites for hydroxylation is 1. The lowest BCUT2D eigenvalue weighted by Gasteiger charge is -2.52. The minimum atomic E-state index is -4.34. The Kier molecular flexibility index (Phi) is 4.88. The number of alkyl halides is 3. The highest BCUT2D eigenvalue weighted by Crippen LogP contribution is 2.51. The Labute approximate surface area is 169 Å². The van der Waals surface area contributed by atoms with Crippen molar-refractivity contribution in [3.05, 3.63) is 29.3 Å². The maximum Gasteiger partial charge on any atom is 0.416 e. The number of halogens is 3. The zero-order valence-electron chi connectivity index (χ0n) is 16.9. The highest BCUT2D eigenvalue weighted by Gasteiger charge is 2.49. The zero-order chi connectivity index (χ0) is 21.0. The number of amides is 1. The van der Waals surface area contributed by atoms with Crippen LogP contribution in [0.25, 0.3) is 0 Å². The highest BCUT2D eigenvalue weighted by atomic mass is 19.4. The summed E-state index contributed by atoms with van der Waals surface area (Å²) in [5, 5.41) is 9.85. The third-order valence-electron chi connectivity index (χ3n) is 6.97. The second kappa shape index (κ2) is 6.89. The van der Waals surface area contributed by atoms with Crippen molar-refractivity contribution < 1.29 is 27.8 Å². The Morgan fingerprint density at radius 3 is 2.31 bits per heavy atom. The van der Waals surface area contributed by atoms with Gasteiger partial charge in [0.05, 0.1) is 17.3 Å². The molecule has 1 aromatic rings. The van der Waals surface area contributed by atoms with Gasteiger partial charge in [0.25, 0.3) is 0 Å². The smallest absolute Gasteiger partial charge is 0.416 e. The van der Waals surface area contributed by atoms with E-state index in [9.17, 15) is 23.1 Å². The van der Waals surface area contributed by atoms with Gasteiger partial charge in [-0.1, -0.05) is 0 Å². The maximum absolute atomic E-state index is 12.8. The summed E-state index contributed by atoms with van der Waals surface area (Å²) >= 11 is 0. The van der Waals surface area contributed by atoms with E-state index in [-0.39, 0.29) is 23.3 Å². The summed E-state index contributed by atoms with van der Waals surface area (Å²) in [7, 11) is 0. The van der Waals surface area contributed by atoms with Crippen LogP contribution in [0.5, 0.6) is 5.75 Å². The number of benzene rings is 1. The second-order valence-electron chi connectivity index (χ2n) is 9.55. The van der Waals surface area contributed by atoms with Gasteiger partial charge in [-0.05, 0) is 81.5 Å². The molecule has 2 saturated carbocycles. The topological polar surface area (TPSA) is 49.8 Å². The van der Waals surface area contributed by atoms with Gasteiger partial charge in [0.2, 0.25) is 5.91 Å². The Hall–Kier alpha value is -1.76. The summed E-state index contributed by atoms with van der Waals surface area (Å²) in [5.41, 5.74) is -0.659. The van der Waals surface area contributed by atoms with Gasteiger partial charge in [0, 0.05) is 19.0 Å². The molecule has 0 atom stereocenters. The fraction of sp³-hybridized carbons (Fsp3) is 0.682. The van der Waals surface area contributed by atoms with Crippen LogP contribution >= 0.6 is 0 Å². The van der Waals surface area contributed by atoms with E-state index >= 15 is 0 Å². The lowest BCUT2D eigenvalue weighted by molar-refractivity contribution is -0.154. The van der Waals surface area contributed by atoms with Crippen molar-refractivity contribution in [1.29, 1.82) is 0 Å². The lowest BCUT2D eigenvalue weighted by Crippen LogP contribution is -2.55. The number of hydrogen-bond acceptors (Lipinski definition) is 3. The number of likely N-dealkylation sites (tertiary alicyclic amines) is 1. The van der Waals surface area contributed by atoms with Gasteiger partial charge in [0.1, 0.15) is 5.75 Å². The third-order valence-corrected chi connectivity index (χ3v) is 6.97. The van der Waals surface area contributed by atoms with Crippen LogP contribution in [0, 0.1) is 18.3 Å². The molecule has 1 N–H and O–H groups in total. The molecule has 1 heterocycles. The Morgan fingerprint density at radius 2 is 1.79 bits per heavy atom. The molecule has 0 aromatic heterocycles. The fourth-order valence-corrected chi connectivity index (χ4v) is 5.17. The van der Waals surface area contributed by atoms with Crippen LogP contribution in [0.15, 0.2) is 18.2 Å². The van der Waals surface area contributed by atoms with E-state index in [0.717, 1.165) is 50.9 Å². The normalized spacial score (nSPS) is 29.3. The Balaban J connectivity index is 1.26. The molecule has 3 aliphatic rings. The lowest BCUT2D eigenvalue weighted by atomic mass is 9.61. The molecule has 2 aliphatic carbocycles. The second-order valence-corrected chi connectivity index (χ2v) is 9.55. The van der Waals surface area contributed by atoms with E-state index in [1.807, 2.05) is 4.90 Å². The van der Waals surface area contributed by atoms with Gasteiger partial charge in [-0.15, -0.1) is 0 Å². The van der Waals surface area contributed by atoms with Crippen LogP contribution in [0.1, 0.15) is 56.6 Å². The molecule has 1 amide bonds. The molecule has 160 valence electrons. The van der Waals surface area contributed by atoms with Crippen LogP contribution in [0.4, 0.5) is 13.2 Å². The van der Waals surface area contributed by atoms with E-state index in [0.29, 0.717) is 24.2 Å². The number of ether oxygens (including phenoxy) is 1. The number of nitrogens with zero attached hydrogens (tertiary/aromatic N) is 1. The van der Waals surface area contributed by atoms with Gasteiger partial charge in [-0.2, -0.15) is 13.2 Å². The molecule has 0 bridgehead atoms. The number of piperidine rings is 1. The quantitative estimate of drug-likeness (QED) is 0.806. The molecular weight excluding hydrogens is 383 g/mol. The van der Waals surface area contributed by atoms with Crippen molar-refractivity contribution in [2.45, 2.75) is 70.3 Å². The van der Waals surface area contributed by atoms with E-state index in [4.69, 9.17) is 4.74 Å². The molecule has 1 spiro atoms. The largest absolute Gasteiger partial charge is 0.490 e. The van der Waals surface area contributed by atoms with E-state index in [1.54, 1.807) is 13.8 Å². The van der Waals surface area contributed by atoms with E-state index < -0.39 is 17.3 Å². The molecule has 7 heteroatoms. The minimum Gasteiger partial charge on any atom is -0.490 e. The van der Waals surface area contributed by atoms with Crippen molar-refractivity contribution in [2.24, 2.45) is 11.3 Å². The summed E-state index contributed by atoms with van der Waals surface area (Å²) < 4.78 is 44.4. The average molecular weight is 411 g/mol. The van der Waals surface area contributed by atoms with Crippen LogP contribution < -0.4 is 4.74 Å². The van der Waals surface area contributed by atoms with Crippen molar-refractivity contribution in [3.63, 3.8) is 0 Å². The predicted molar refractivity (Wildman–Crippen MR) is 101 cm³/mol. The monoisotopic (exact) mass is 411 g/mol. The van der Waals surface area contributed by atoms with E-state index in [1.165, 1.54) is 6.07 Å². The van der Waals surface area contributed by atoms with Gasteiger partial charge >= 0.3 is 6.18 Å². The molecule has 0 unspecified atom stereocenters. The molecule has 4 rings (SSSR count). The average Bonchev–Trinajstić information content (AvgIpc) is 2.59. The summed E-state index contributed by atoms with van der Waals surface area (Å²) in [6.45, 7) is 4.89. The molecular formula is C22H28F3NO3. The number of carbonyl (C=O) groups excluding carboxylic acids is 1. The maximum atomic E-state index is 12.8. The van der Waals surface area contributed by atoms with Gasteiger partial charge in [-0.3, -0.25) is 4.79 Å². The number of hydrogen-bond donors (Lipinski definition) is 1. The van der Waals surface area contributed by atoms with Gasteiger partial charge in [0.15, 0.2) is 0 Å². The highest BCUT2D eigenvalue weighted by molar-refractivity contribution is 5.80. The number of aliphatic hydroxyl groups is 1. The minimum absolute atomic E-state index is 0.0226.